The zero-order valence-electron chi connectivity index (χ0n) is 18.0. The van der Waals surface area contributed by atoms with Gasteiger partial charge in [-0.15, -0.1) is 10.2 Å². The monoisotopic (exact) mass is 461 g/mol. The van der Waals surface area contributed by atoms with Gasteiger partial charge in [0.05, 0.1) is 11.9 Å². The molecule has 1 unspecified atom stereocenters. The normalized spacial score (nSPS) is 15.7. The summed E-state index contributed by atoms with van der Waals surface area (Å²) in [4.78, 5) is 23.5. The number of hydrogen-bond donors (Lipinski definition) is 2. The summed E-state index contributed by atoms with van der Waals surface area (Å²) in [6, 6.07) is 10.4. The van der Waals surface area contributed by atoms with Gasteiger partial charge < -0.3 is 19.5 Å². The topological polar surface area (TPSA) is 125 Å². The van der Waals surface area contributed by atoms with E-state index in [1.165, 1.54) is 42.5 Å². The van der Waals surface area contributed by atoms with Gasteiger partial charge in [0.25, 0.3) is 11.8 Å². The third-order valence-corrected chi connectivity index (χ3v) is 5.73. The third kappa shape index (κ3) is 3.88. The number of nitrogens with zero attached hydrogens (tertiary/aromatic N) is 5. The van der Waals surface area contributed by atoms with E-state index in [9.17, 15) is 19.4 Å². The van der Waals surface area contributed by atoms with Crippen molar-refractivity contribution in [3.63, 3.8) is 0 Å². The van der Waals surface area contributed by atoms with Crippen molar-refractivity contribution in [1.82, 2.24) is 25.1 Å². The number of aliphatic hydroxyl groups excluding tert-OH is 1. The van der Waals surface area contributed by atoms with Crippen molar-refractivity contribution in [3.05, 3.63) is 89.3 Å². The van der Waals surface area contributed by atoms with Crippen LogP contribution in [0.1, 0.15) is 58.3 Å². The molecule has 0 fully saturated rings. The number of fused-ring (bicyclic) bond motifs is 1. The van der Waals surface area contributed by atoms with Crippen LogP contribution in [0.5, 0.6) is 5.75 Å². The molecule has 2 aromatic heterocycles. The van der Waals surface area contributed by atoms with Gasteiger partial charge in [-0.25, -0.2) is 4.39 Å². The lowest BCUT2D eigenvalue weighted by Crippen LogP contribution is -2.34. The van der Waals surface area contributed by atoms with Crippen molar-refractivity contribution >= 4 is 5.91 Å². The molecule has 9 nitrogen and oxygen atoms in total. The van der Waals surface area contributed by atoms with Crippen LogP contribution in [0, 0.1) is 0 Å². The first-order valence-corrected chi connectivity index (χ1v) is 10.6. The van der Waals surface area contributed by atoms with E-state index in [-0.39, 0.29) is 30.0 Å². The number of phenols is 1. The smallest absolute Gasteiger partial charge is 0.255 e. The number of phenolic OH excluding ortho intramolecular Hbond substituents is 1. The van der Waals surface area contributed by atoms with Crippen LogP contribution in [0.25, 0.3) is 11.5 Å². The van der Waals surface area contributed by atoms with Crippen LogP contribution in [-0.4, -0.2) is 41.2 Å². The summed E-state index contributed by atoms with van der Waals surface area (Å²) in [7, 11) is 0. The first-order chi connectivity index (χ1) is 16.4. The Kier molecular flexibility index (Phi) is 5.50. The third-order valence-electron chi connectivity index (χ3n) is 5.73. The number of aromatic hydroxyl groups is 1. The largest absolute Gasteiger partial charge is 0.508 e. The van der Waals surface area contributed by atoms with Crippen LogP contribution in [0.4, 0.5) is 4.39 Å². The molecule has 34 heavy (non-hydrogen) atoms. The minimum absolute atomic E-state index is 0.0653. The number of carbonyl (C=O) groups is 1. The van der Waals surface area contributed by atoms with Gasteiger partial charge in [-0.05, 0) is 42.3 Å². The Morgan fingerprint density at radius 3 is 2.59 bits per heavy atom. The number of rotatable bonds is 6. The van der Waals surface area contributed by atoms with Gasteiger partial charge >= 0.3 is 0 Å². The second-order valence-electron chi connectivity index (χ2n) is 7.98. The lowest BCUT2D eigenvalue weighted by atomic mass is 9.98. The van der Waals surface area contributed by atoms with Gasteiger partial charge in [-0.2, -0.15) is 0 Å². The van der Waals surface area contributed by atoms with Crippen LogP contribution in [0.15, 0.2) is 65.5 Å². The van der Waals surface area contributed by atoms with E-state index in [1.54, 1.807) is 30.3 Å². The molecule has 1 amide bonds. The van der Waals surface area contributed by atoms with Crippen molar-refractivity contribution in [1.29, 1.82) is 0 Å². The molecule has 2 N–H and O–H groups in total. The molecule has 10 heteroatoms. The van der Waals surface area contributed by atoms with Crippen molar-refractivity contribution in [2.75, 3.05) is 0 Å². The summed E-state index contributed by atoms with van der Waals surface area (Å²) >= 11 is 0. The van der Waals surface area contributed by atoms with Crippen LogP contribution < -0.4 is 0 Å². The van der Waals surface area contributed by atoms with E-state index in [0.29, 0.717) is 22.4 Å². The zero-order chi connectivity index (χ0) is 23.8. The van der Waals surface area contributed by atoms with Gasteiger partial charge in [0, 0.05) is 30.1 Å². The maximum absolute atomic E-state index is 13.5. The van der Waals surface area contributed by atoms with Gasteiger partial charge in [0.1, 0.15) is 17.9 Å². The van der Waals surface area contributed by atoms with Crippen molar-refractivity contribution in [2.45, 2.75) is 31.8 Å². The number of amides is 1. The highest BCUT2D eigenvalue weighted by Crippen LogP contribution is 2.39. The van der Waals surface area contributed by atoms with E-state index in [4.69, 9.17) is 4.42 Å². The summed E-state index contributed by atoms with van der Waals surface area (Å²) in [5.41, 5.74) is 2.58. The molecule has 4 aromatic rings. The van der Waals surface area contributed by atoms with Gasteiger partial charge in [0.15, 0.2) is 6.17 Å². The Morgan fingerprint density at radius 2 is 1.91 bits per heavy atom. The molecule has 0 saturated heterocycles. The van der Waals surface area contributed by atoms with E-state index < -0.39 is 18.3 Å². The van der Waals surface area contributed by atoms with Gasteiger partial charge in [0.2, 0.25) is 5.89 Å². The maximum Gasteiger partial charge on any atom is 0.255 e. The van der Waals surface area contributed by atoms with Crippen LogP contribution in [0.3, 0.4) is 0 Å². The Hall–Kier alpha value is -4.18. The van der Waals surface area contributed by atoms with Crippen LogP contribution in [0.2, 0.25) is 0 Å². The molecule has 0 bridgehead atoms. The zero-order valence-corrected chi connectivity index (χ0v) is 18.0. The lowest BCUT2D eigenvalue weighted by Gasteiger charge is -2.31. The minimum Gasteiger partial charge on any atom is -0.508 e. The first-order valence-electron chi connectivity index (χ1n) is 10.6. The molecule has 172 valence electrons. The molecule has 0 spiro atoms. The first kappa shape index (κ1) is 21.7. The minimum atomic E-state index is -1.40. The van der Waals surface area contributed by atoms with Crippen molar-refractivity contribution in [2.24, 2.45) is 0 Å². The number of benzene rings is 2. The number of aliphatic hydroxyl groups is 1. The maximum atomic E-state index is 13.5. The summed E-state index contributed by atoms with van der Waals surface area (Å²) in [6.07, 6.45) is 1.99. The Bertz CT molecular complexity index is 1330. The van der Waals surface area contributed by atoms with E-state index in [0.717, 1.165) is 5.56 Å². The van der Waals surface area contributed by atoms with Gasteiger partial charge in [-0.1, -0.05) is 18.2 Å². The van der Waals surface area contributed by atoms with Crippen LogP contribution >= 0.6 is 0 Å². The van der Waals surface area contributed by atoms with Crippen molar-refractivity contribution in [3.8, 4) is 17.2 Å². The standard InChI is InChI=1S/C24H20FN5O4/c1-13(25)22-28-29-23(34-22)15-2-3-16-12-30(24(33)18(16)10-15)20(19-11-26-8-9-27-19)21(32)14-4-6-17(31)7-5-14/h2-11,13,20-21,31-32H,12H2,1H3/t13?,20-,21+/m1/s1. The fraction of sp³-hybridized carbons (Fsp3) is 0.208. The molecule has 1 aliphatic heterocycles. The Labute approximate surface area is 193 Å². The quantitative estimate of drug-likeness (QED) is 0.445. The van der Waals surface area contributed by atoms with Crippen LogP contribution in [-0.2, 0) is 6.54 Å². The Balaban J connectivity index is 1.50. The second kappa shape index (κ2) is 8.64. The molecule has 0 radical (unpaired) electrons. The fourth-order valence-corrected chi connectivity index (χ4v) is 4.00. The number of halogens is 1. The predicted octanol–water partition coefficient (Wildman–Crippen LogP) is 3.69. The number of hydrogen-bond acceptors (Lipinski definition) is 8. The highest BCUT2D eigenvalue weighted by molar-refractivity contribution is 5.99. The molecule has 3 atom stereocenters. The van der Waals surface area contributed by atoms with E-state index in [1.807, 2.05) is 0 Å². The molecule has 3 heterocycles. The summed E-state index contributed by atoms with van der Waals surface area (Å²) < 4.78 is 18.9. The number of alkyl halides is 1. The predicted molar refractivity (Wildman–Crippen MR) is 117 cm³/mol. The number of aromatic nitrogens is 4. The van der Waals surface area contributed by atoms with E-state index in [2.05, 4.69) is 20.2 Å². The van der Waals surface area contributed by atoms with Crippen molar-refractivity contribution < 1.29 is 23.8 Å². The fourth-order valence-electron chi connectivity index (χ4n) is 4.00. The summed E-state index contributed by atoms with van der Waals surface area (Å²) in [6.45, 7) is 1.54. The molecule has 0 aliphatic carbocycles. The highest BCUT2D eigenvalue weighted by Gasteiger charge is 2.39. The average Bonchev–Trinajstić information content (AvgIpc) is 3.46. The van der Waals surface area contributed by atoms with E-state index >= 15 is 0 Å². The highest BCUT2D eigenvalue weighted by atomic mass is 19.1. The molecular weight excluding hydrogens is 441 g/mol. The summed E-state index contributed by atoms with van der Waals surface area (Å²) in [5, 5.41) is 28.4. The SMILES string of the molecule is CC(F)c1nnc(-c2ccc3c(c2)C(=O)N([C@H](c2cnccn2)[C@@H](O)c2ccc(O)cc2)C3)o1. The lowest BCUT2D eigenvalue weighted by molar-refractivity contribution is 0.0345. The molecule has 1 aliphatic rings. The average molecular weight is 461 g/mol. The molecule has 2 aromatic carbocycles. The molecular formula is C24H20FN5O4. The summed E-state index contributed by atoms with van der Waals surface area (Å²) in [5.74, 6) is -0.272. The molecule has 0 saturated carbocycles. The van der Waals surface area contributed by atoms with Gasteiger partial charge in [-0.3, -0.25) is 14.8 Å². The number of carbonyl (C=O) groups excluding carboxylic acids is 1. The molecule has 5 rings (SSSR count). The Morgan fingerprint density at radius 1 is 1.12 bits per heavy atom. The second-order valence-corrected chi connectivity index (χ2v) is 7.98.